The van der Waals surface area contributed by atoms with Gasteiger partial charge in [-0.05, 0) is 37.3 Å². The average Bonchev–Trinajstić information content (AvgIpc) is 2.99. The summed E-state index contributed by atoms with van der Waals surface area (Å²) in [4.78, 5) is 20.9. The number of carbonyl (C=O) groups excluding carboxylic acids is 1. The Bertz CT molecular complexity index is 1190. The third-order valence-corrected chi connectivity index (χ3v) is 4.25. The van der Waals surface area contributed by atoms with Crippen LogP contribution < -0.4 is 11.5 Å². The molecule has 2 heterocycles. The molecule has 0 aliphatic carbocycles. The van der Waals surface area contributed by atoms with Crippen LogP contribution in [0.5, 0.6) is 0 Å². The van der Waals surface area contributed by atoms with Crippen LogP contribution in [0.3, 0.4) is 0 Å². The van der Waals surface area contributed by atoms with Crippen LogP contribution in [0.4, 0.5) is 0 Å². The van der Waals surface area contributed by atoms with Crippen molar-refractivity contribution >= 4 is 33.7 Å². The van der Waals surface area contributed by atoms with E-state index in [9.17, 15) is 4.79 Å². The highest BCUT2D eigenvalue weighted by Gasteiger charge is 2.16. The number of pyridine rings is 1. The number of aliphatic imine (C=N–C) groups is 1. The minimum atomic E-state index is -0.472. The first-order valence-corrected chi connectivity index (χ1v) is 8.15. The Morgan fingerprint density at radius 2 is 1.88 bits per heavy atom. The number of nitrogens with zero attached hydrogens (tertiary/aromatic N) is 3. The third-order valence-electron chi connectivity index (χ3n) is 4.25. The fourth-order valence-electron chi connectivity index (χ4n) is 3.07. The maximum absolute atomic E-state index is 12.5. The van der Waals surface area contributed by atoms with Crippen molar-refractivity contribution < 1.29 is 4.79 Å². The molecule has 0 radical (unpaired) electrons. The highest BCUT2D eigenvalue weighted by molar-refractivity contribution is 6.11. The first-order valence-electron chi connectivity index (χ1n) is 8.15. The second-order valence-electron chi connectivity index (χ2n) is 6.14. The minimum Gasteiger partial charge on any atom is -0.370 e. The van der Waals surface area contributed by atoms with Crippen LogP contribution in [-0.2, 0) is 0 Å². The van der Waals surface area contributed by atoms with Crippen molar-refractivity contribution in [2.45, 2.75) is 6.92 Å². The van der Waals surface area contributed by atoms with Gasteiger partial charge in [-0.15, -0.1) is 0 Å². The van der Waals surface area contributed by atoms with Gasteiger partial charge in [-0.3, -0.25) is 4.79 Å². The lowest BCUT2D eigenvalue weighted by Crippen LogP contribution is -2.24. The van der Waals surface area contributed by atoms with Crippen LogP contribution in [0, 0.1) is 6.92 Å². The Kier molecular flexibility index (Phi) is 3.65. The van der Waals surface area contributed by atoms with Gasteiger partial charge in [0.15, 0.2) is 5.96 Å². The van der Waals surface area contributed by atoms with E-state index in [4.69, 9.17) is 16.5 Å². The lowest BCUT2D eigenvalue weighted by atomic mass is 10.1. The molecule has 0 saturated heterocycles. The van der Waals surface area contributed by atoms with Crippen LogP contribution in [-0.4, -0.2) is 21.4 Å². The number of amides is 1. The summed E-state index contributed by atoms with van der Waals surface area (Å²) in [5, 5.41) is 1.84. The molecule has 4 N–H and O–H groups in total. The number of guanidine groups is 1. The van der Waals surface area contributed by atoms with Crippen LogP contribution >= 0.6 is 0 Å². The standard InChI is InChI=1S/C20H17N5O/c1-12-6-8-17-14(10-12)15(19(26)24-20(21)22)11-25(17)18-9-7-13-4-2-3-5-16(13)23-18/h2-11H,1H3,(H4,21,22,24,26). The van der Waals surface area contributed by atoms with E-state index in [2.05, 4.69) is 4.99 Å². The van der Waals surface area contributed by atoms with Crippen molar-refractivity contribution in [3.05, 3.63) is 71.9 Å². The molecular formula is C20H17N5O. The van der Waals surface area contributed by atoms with Crippen LogP contribution in [0.2, 0.25) is 0 Å². The summed E-state index contributed by atoms with van der Waals surface area (Å²) in [6, 6.07) is 17.7. The van der Waals surface area contributed by atoms with E-state index in [1.165, 1.54) is 0 Å². The van der Waals surface area contributed by atoms with Crippen molar-refractivity contribution in [3.63, 3.8) is 0 Å². The number of aromatic nitrogens is 2. The molecule has 0 unspecified atom stereocenters. The number of rotatable bonds is 2. The molecule has 0 saturated carbocycles. The molecule has 0 aliphatic rings. The van der Waals surface area contributed by atoms with E-state index in [0.717, 1.165) is 33.2 Å². The first-order chi connectivity index (χ1) is 12.5. The van der Waals surface area contributed by atoms with Gasteiger partial charge in [-0.1, -0.05) is 29.8 Å². The molecule has 2 aromatic heterocycles. The topological polar surface area (TPSA) is 99.3 Å². The fourth-order valence-corrected chi connectivity index (χ4v) is 3.07. The highest BCUT2D eigenvalue weighted by Crippen LogP contribution is 2.27. The minimum absolute atomic E-state index is 0.257. The van der Waals surface area contributed by atoms with Crippen LogP contribution in [0.25, 0.3) is 27.6 Å². The quantitative estimate of drug-likeness (QED) is 0.432. The van der Waals surface area contributed by atoms with E-state index in [0.29, 0.717) is 5.56 Å². The number of fused-ring (bicyclic) bond motifs is 2. The smallest absolute Gasteiger partial charge is 0.282 e. The number of benzene rings is 2. The van der Waals surface area contributed by atoms with Crippen molar-refractivity contribution in [2.24, 2.45) is 16.5 Å². The van der Waals surface area contributed by atoms with Gasteiger partial charge in [0.25, 0.3) is 5.91 Å². The molecule has 0 fully saturated rings. The molecule has 4 aromatic rings. The number of hydrogen-bond acceptors (Lipinski definition) is 2. The zero-order valence-electron chi connectivity index (χ0n) is 14.2. The highest BCUT2D eigenvalue weighted by atomic mass is 16.1. The Labute approximate surface area is 149 Å². The average molecular weight is 343 g/mol. The van der Waals surface area contributed by atoms with Gasteiger partial charge in [0.1, 0.15) is 5.82 Å². The second kappa shape index (κ2) is 6.00. The lowest BCUT2D eigenvalue weighted by Gasteiger charge is -2.06. The molecule has 0 atom stereocenters. The van der Waals surface area contributed by atoms with Crippen molar-refractivity contribution in [1.29, 1.82) is 0 Å². The number of aryl methyl sites for hydroxylation is 1. The molecule has 26 heavy (non-hydrogen) atoms. The maximum Gasteiger partial charge on any atom is 0.282 e. The van der Waals surface area contributed by atoms with Gasteiger partial charge in [0.05, 0.1) is 16.6 Å². The van der Waals surface area contributed by atoms with Crippen molar-refractivity contribution in [3.8, 4) is 5.82 Å². The third kappa shape index (κ3) is 2.67. The maximum atomic E-state index is 12.5. The summed E-state index contributed by atoms with van der Waals surface area (Å²) >= 11 is 0. The van der Waals surface area contributed by atoms with Gasteiger partial charge in [0.2, 0.25) is 0 Å². The summed E-state index contributed by atoms with van der Waals surface area (Å²) in [6.07, 6.45) is 1.73. The predicted octanol–water partition coefficient (Wildman–Crippen LogP) is 2.90. The summed E-state index contributed by atoms with van der Waals surface area (Å²) in [7, 11) is 0. The summed E-state index contributed by atoms with van der Waals surface area (Å²) in [5.41, 5.74) is 14.0. The Balaban J connectivity index is 1.97. The van der Waals surface area contributed by atoms with Gasteiger partial charge in [0, 0.05) is 17.0 Å². The molecule has 0 aliphatic heterocycles. The predicted molar refractivity (Wildman–Crippen MR) is 103 cm³/mol. The Morgan fingerprint density at radius 1 is 1.08 bits per heavy atom. The van der Waals surface area contributed by atoms with E-state index < -0.39 is 5.91 Å². The fraction of sp³-hybridized carbons (Fsp3) is 0.0500. The van der Waals surface area contributed by atoms with Crippen molar-refractivity contribution in [2.75, 3.05) is 0 Å². The molecule has 1 amide bonds. The number of para-hydroxylation sites is 1. The summed E-state index contributed by atoms with van der Waals surface area (Å²) < 4.78 is 1.89. The van der Waals surface area contributed by atoms with E-state index >= 15 is 0 Å². The van der Waals surface area contributed by atoms with Gasteiger partial charge in [-0.2, -0.15) is 4.99 Å². The zero-order chi connectivity index (χ0) is 18.3. The van der Waals surface area contributed by atoms with Gasteiger partial charge >= 0.3 is 0 Å². The number of nitrogens with two attached hydrogens (primary N) is 2. The monoisotopic (exact) mass is 343 g/mol. The van der Waals surface area contributed by atoms with E-state index in [1.807, 2.05) is 66.1 Å². The van der Waals surface area contributed by atoms with Gasteiger partial charge < -0.3 is 16.0 Å². The van der Waals surface area contributed by atoms with Crippen molar-refractivity contribution in [1.82, 2.24) is 9.55 Å². The van der Waals surface area contributed by atoms with Crippen LogP contribution in [0.15, 0.2) is 65.8 Å². The molecular weight excluding hydrogens is 326 g/mol. The molecule has 0 spiro atoms. The second-order valence-corrected chi connectivity index (χ2v) is 6.14. The van der Waals surface area contributed by atoms with Gasteiger partial charge in [-0.25, -0.2) is 4.98 Å². The first kappa shape index (κ1) is 15.8. The molecule has 6 heteroatoms. The SMILES string of the molecule is Cc1ccc2c(c1)c(C(=O)N=C(N)N)cn2-c1ccc2ccccc2n1. The summed E-state index contributed by atoms with van der Waals surface area (Å²) in [6.45, 7) is 1.97. The Morgan fingerprint density at radius 3 is 2.69 bits per heavy atom. The van der Waals surface area contributed by atoms with Crippen LogP contribution in [0.1, 0.15) is 15.9 Å². The normalized spacial score (nSPS) is 11.0. The summed E-state index contributed by atoms with van der Waals surface area (Å²) in [5.74, 6) is -0.00572. The molecule has 2 aromatic carbocycles. The molecule has 6 nitrogen and oxygen atoms in total. The Hall–Kier alpha value is -3.67. The number of hydrogen-bond donors (Lipinski definition) is 2. The largest absolute Gasteiger partial charge is 0.370 e. The zero-order valence-corrected chi connectivity index (χ0v) is 14.2. The lowest BCUT2D eigenvalue weighted by molar-refractivity contribution is 0.100. The molecule has 4 rings (SSSR count). The number of carbonyl (C=O) groups is 1. The van der Waals surface area contributed by atoms with E-state index in [-0.39, 0.29) is 5.96 Å². The molecule has 128 valence electrons. The van der Waals surface area contributed by atoms with E-state index in [1.54, 1.807) is 6.20 Å². The molecule has 0 bridgehead atoms.